The molecule has 0 unspecified atom stereocenters. The first-order chi connectivity index (χ1) is 18.8. The van der Waals surface area contributed by atoms with E-state index in [2.05, 4.69) is 9.88 Å². The van der Waals surface area contributed by atoms with Crippen LogP contribution in [-0.4, -0.2) is 58.8 Å². The van der Waals surface area contributed by atoms with E-state index in [0.717, 1.165) is 42.7 Å². The normalized spacial score (nSPS) is 17.3. The van der Waals surface area contributed by atoms with Crippen LogP contribution in [0.5, 0.6) is 0 Å². The Labute approximate surface area is 234 Å². The lowest BCUT2D eigenvalue weighted by Crippen LogP contribution is -2.46. The molecule has 2 aromatic carbocycles. The summed E-state index contributed by atoms with van der Waals surface area (Å²) >= 11 is 6.36. The van der Waals surface area contributed by atoms with Crippen molar-refractivity contribution in [1.29, 1.82) is 0 Å². The van der Waals surface area contributed by atoms with Crippen LogP contribution < -0.4 is 4.90 Å². The average Bonchev–Trinajstić information content (AvgIpc) is 3.34. The number of hydrogen-bond donors (Lipinski definition) is 0. The second-order valence-electron chi connectivity index (χ2n) is 10.7. The summed E-state index contributed by atoms with van der Waals surface area (Å²) in [5.41, 5.74) is 3.31. The minimum atomic E-state index is -0.506. The number of piperidine rings is 1. The molecule has 1 aliphatic heterocycles. The maximum absolute atomic E-state index is 15.3. The van der Waals surface area contributed by atoms with Gasteiger partial charge in [-0.2, -0.15) is 0 Å². The second-order valence-corrected chi connectivity index (χ2v) is 11.1. The molecule has 0 N–H and O–H groups in total. The van der Waals surface area contributed by atoms with E-state index in [1.807, 2.05) is 30.9 Å². The second kappa shape index (κ2) is 11.3. The Hall–Kier alpha value is -3.45. The number of fused-ring (bicyclic) bond motifs is 1. The van der Waals surface area contributed by atoms with Gasteiger partial charge in [0.2, 0.25) is 0 Å². The van der Waals surface area contributed by atoms with Crippen molar-refractivity contribution in [2.24, 2.45) is 0 Å². The fraction of sp³-hybridized carbons (Fsp3) is 0.387. The van der Waals surface area contributed by atoms with Crippen LogP contribution in [0.15, 0.2) is 60.9 Å². The molecule has 3 aromatic rings. The van der Waals surface area contributed by atoms with E-state index in [4.69, 9.17) is 11.6 Å². The van der Waals surface area contributed by atoms with E-state index in [9.17, 15) is 9.59 Å². The fourth-order valence-corrected chi connectivity index (χ4v) is 6.21. The zero-order valence-corrected chi connectivity index (χ0v) is 23.4. The lowest BCUT2D eigenvalue weighted by molar-refractivity contribution is 0.0606. The quantitative estimate of drug-likeness (QED) is 0.370. The van der Waals surface area contributed by atoms with Gasteiger partial charge in [-0.05, 0) is 87.1 Å². The number of halogens is 2. The van der Waals surface area contributed by atoms with Crippen molar-refractivity contribution in [2.45, 2.75) is 57.7 Å². The number of carbonyl (C=O) groups is 2. The molecule has 1 atom stereocenters. The summed E-state index contributed by atoms with van der Waals surface area (Å²) < 4.78 is 15.3. The summed E-state index contributed by atoms with van der Waals surface area (Å²) in [4.78, 5) is 37.1. The molecule has 2 aliphatic rings. The first kappa shape index (κ1) is 27.1. The summed E-state index contributed by atoms with van der Waals surface area (Å²) in [6, 6.07) is 13.8. The largest absolute Gasteiger partial charge is 0.371 e. The number of hydrogen-bond acceptors (Lipinski definition) is 4. The number of carbonyl (C=O) groups excluding carboxylic acids is 2. The molecule has 6 nitrogen and oxygen atoms in total. The average molecular weight is 549 g/mol. The van der Waals surface area contributed by atoms with E-state index in [0.29, 0.717) is 23.4 Å². The number of benzene rings is 2. The maximum Gasteiger partial charge on any atom is 0.256 e. The van der Waals surface area contributed by atoms with Gasteiger partial charge in [0.1, 0.15) is 5.82 Å². The molecule has 1 saturated heterocycles. The Kier molecular flexibility index (Phi) is 7.89. The predicted octanol–water partition coefficient (Wildman–Crippen LogP) is 6.15. The van der Waals surface area contributed by atoms with Gasteiger partial charge in [0.05, 0.1) is 22.2 Å². The molecule has 39 heavy (non-hydrogen) atoms. The van der Waals surface area contributed by atoms with E-state index < -0.39 is 5.82 Å². The molecule has 0 bridgehead atoms. The van der Waals surface area contributed by atoms with Gasteiger partial charge in [-0.25, -0.2) is 4.39 Å². The molecule has 1 fully saturated rings. The molecule has 8 heteroatoms. The highest BCUT2D eigenvalue weighted by molar-refractivity contribution is 6.33. The number of aromatic nitrogens is 1. The summed E-state index contributed by atoms with van der Waals surface area (Å²) in [5.74, 6) is -0.991. The standard InChI is InChI=1S/C31H34ClFN4O2/c1-20(2)37(31(39)24-6-4-5-7-27(24)32)29-9-8-21-18-28(33)26(19-25(21)29)30(38)35(3)22-12-16-36(17-13-22)23-10-14-34-15-11-23/h4-7,10-11,14-15,18-20,22,29H,8-9,12-13,16-17H2,1-3H3/t29-/m1/s1. The number of aryl methyl sites for hydroxylation is 1. The molecule has 2 heterocycles. The Morgan fingerprint density at radius 1 is 1.00 bits per heavy atom. The number of nitrogens with zero attached hydrogens (tertiary/aromatic N) is 4. The monoisotopic (exact) mass is 548 g/mol. The zero-order valence-electron chi connectivity index (χ0n) is 22.6. The topological polar surface area (TPSA) is 56.8 Å². The van der Waals surface area contributed by atoms with Crippen LogP contribution in [0.4, 0.5) is 10.1 Å². The van der Waals surface area contributed by atoms with Crippen LogP contribution in [0.1, 0.15) is 71.0 Å². The van der Waals surface area contributed by atoms with Gasteiger partial charge < -0.3 is 14.7 Å². The first-order valence-electron chi connectivity index (χ1n) is 13.6. The molecule has 0 radical (unpaired) electrons. The Morgan fingerprint density at radius 2 is 1.69 bits per heavy atom. The van der Waals surface area contributed by atoms with E-state index >= 15 is 4.39 Å². The van der Waals surface area contributed by atoms with Crippen molar-refractivity contribution >= 4 is 29.1 Å². The van der Waals surface area contributed by atoms with Crippen molar-refractivity contribution in [2.75, 3.05) is 25.0 Å². The smallest absolute Gasteiger partial charge is 0.256 e. The summed E-state index contributed by atoms with van der Waals surface area (Å²) in [5, 5.41) is 0.401. The molecule has 1 aliphatic carbocycles. The minimum Gasteiger partial charge on any atom is -0.371 e. The van der Waals surface area contributed by atoms with Crippen LogP contribution in [0.25, 0.3) is 0 Å². The SMILES string of the molecule is CC(C)N(C(=O)c1ccccc1Cl)[C@@H]1CCc2cc(F)c(C(=O)N(C)C3CCN(c4ccncc4)CC3)cc21. The van der Waals surface area contributed by atoms with Crippen molar-refractivity contribution < 1.29 is 14.0 Å². The highest BCUT2D eigenvalue weighted by Crippen LogP contribution is 2.40. The highest BCUT2D eigenvalue weighted by Gasteiger charge is 2.36. The van der Waals surface area contributed by atoms with Gasteiger partial charge in [0.15, 0.2) is 0 Å². The summed E-state index contributed by atoms with van der Waals surface area (Å²) in [6.45, 7) is 5.56. The third kappa shape index (κ3) is 5.37. The molecule has 0 saturated carbocycles. The minimum absolute atomic E-state index is 0.0213. The van der Waals surface area contributed by atoms with Gasteiger partial charge in [-0.15, -0.1) is 0 Å². The molecular formula is C31H34ClFN4O2. The van der Waals surface area contributed by atoms with Gasteiger partial charge >= 0.3 is 0 Å². The summed E-state index contributed by atoms with van der Waals surface area (Å²) in [6.07, 6.45) is 6.48. The van der Waals surface area contributed by atoms with Crippen LogP contribution in [0, 0.1) is 5.82 Å². The van der Waals surface area contributed by atoms with Crippen LogP contribution in [0.3, 0.4) is 0 Å². The molecule has 1 aromatic heterocycles. The molecule has 204 valence electrons. The fourth-order valence-electron chi connectivity index (χ4n) is 5.99. The predicted molar refractivity (Wildman–Crippen MR) is 152 cm³/mol. The number of rotatable bonds is 6. The lowest BCUT2D eigenvalue weighted by atomic mass is 9.98. The van der Waals surface area contributed by atoms with Gasteiger partial charge in [0.25, 0.3) is 11.8 Å². The van der Waals surface area contributed by atoms with Crippen LogP contribution in [0.2, 0.25) is 5.02 Å². The Balaban J connectivity index is 1.36. The van der Waals surface area contributed by atoms with E-state index in [-0.39, 0.29) is 35.5 Å². The Bertz CT molecular complexity index is 1360. The third-order valence-corrected chi connectivity index (χ3v) is 8.43. The van der Waals surface area contributed by atoms with Gasteiger partial charge in [-0.1, -0.05) is 23.7 Å². The Morgan fingerprint density at radius 3 is 2.36 bits per heavy atom. The molecule has 5 rings (SSSR count). The first-order valence-corrected chi connectivity index (χ1v) is 14.0. The van der Waals surface area contributed by atoms with Crippen LogP contribution in [-0.2, 0) is 6.42 Å². The zero-order chi connectivity index (χ0) is 27.7. The van der Waals surface area contributed by atoms with Crippen molar-refractivity contribution in [3.8, 4) is 0 Å². The lowest BCUT2D eigenvalue weighted by Gasteiger charge is -2.38. The molecule has 2 amide bonds. The third-order valence-electron chi connectivity index (χ3n) is 8.10. The maximum atomic E-state index is 15.3. The number of pyridine rings is 1. The van der Waals surface area contributed by atoms with E-state index in [1.54, 1.807) is 54.7 Å². The van der Waals surface area contributed by atoms with Gasteiger partial charge in [0, 0.05) is 50.3 Å². The van der Waals surface area contributed by atoms with Crippen molar-refractivity contribution in [3.63, 3.8) is 0 Å². The van der Waals surface area contributed by atoms with Crippen molar-refractivity contribution in [3.05, 3.63) is 94.0 Å². The molecule has 0 spiro atoms. The van der Waals surface area contributed by atoms with Crippen molar-refractivity contribution in [1.82, 2.24) is 14.8 Å². The number of anilines is 1. The van der Waals surface area contributed by atoms with E-state index in [1.165, 1.54) is 6.07 Å². The van der Waals surface area contributed by atoms with Gasteiger partial charge in [-0.3, -0.25) is 14.6 Å². The number of amides is 2. The highest BCUT2D eigenvalue weighted by atomic mass is 35.5. The summed E-state index contributed by atoms with van der Waals surface area (Å²) in [7, 11) is 1.76. The van der Waals surface area contributed by atoms with Crippen LogP contribution >= 0.6 is 11.6 Å². The molecular weight excluding hydrogens is 515 g/mol.